The van der Waals surface area contributed by atoms with Crippen LogP contribution in [0.4, 0.5) is 0 Å². The molecule has 0 saturated carbocycles. The minimum absolute atomic E-state index is 0.377. The summed E-state index contributed by atoms with van der Waals surface area (Å²) in [4.78, 5) is 14.3. The fourth-order valence-electron chi connectivity index (χ4n) is 2.94. The normalized spacial score (nSPS) is 15.0. The third kappa shape index (κ3) is 9.93. The van der Waals surface area contributed by atoms with E-state index in [1.54, 1.807) is 11.8 Å². The molecule has 0 aliphatic carbocycles. The number of carbonyl (C=O) groups is 1. The first-order chi connectivity index (χ1) is 12.9. The molecular weight excluding hydrogens is 318 g/mol. The topological polar surface area (TPSA) is 40.5 Å². The first-order valence-corrected chi connectivity index (χ1v) is 10.4. The summed E-state index contributed by atoms with van der Waals surface area (Å²) in [6.45, 7) is 6.96. The Hall–Kier alpha value is -0.220. The Bertz CT molecular complexity index is 361. The Kier molecular flexibility index (Phi) is 10.8. The van der Waals surface area contributed by atoms with Crippen LogP contribution in [0.15, 0.2) is 0 Å². The van der Waals surface area contributed by atoms with E-state index in [1.165, 1.54) is 0 Å². The van der Waals surface area contributed by atoms with E-state index in [0.29, 0.717) is 20.7 Å². The van der Waals surface area contributed by atoms with E-state index in [4.69, 9.17) is 4.11 Å². The van der Waals surface area contributed by atoms with E-state index in [0.717, 1.165) is 76.6 Å². The summed E-state index contributed by atoms with van der Waals surface area (Å²) in [7, 11) is 0. The number of hydrogen-bond donors (Lipinski definition) is 1. The van der Waals surface area contributed by atoms with Crippen molar-refractivity contribution in [3.63, 3.8) is 0 Å². The van der Waals surface area contributed by atoms with Crippen LogP contribution in [0.3, 0.4) is 0 Å². The predicted octanol–water partition coefficient (Wildman–Crippen LogP) is 5.82. The van der Waals surface area contributed by atoms with Crippen LogP contribution in [0, 0.1) is 0 Å². The molecule has 24 heavy (non-hydrogen) atoms. The molecule has 1 N–H and O–H groups in total. The van der Waals surface area contributed by atoms with Gasteiger partial charge < -0.3 is 5.11 Å². The van der Waals surface area contributed by atoms with E-state index < -0.39 is 12.0 Å². The Balaban J connectivity index is 4.88. The molecule has 144 valence electrons. The summed E-state index contributed by atoms with van der Waals surface area (Å²) in [5.74, 6) is 0.183. The van der Waals surface area contributed by atoms with Gasteiger partial charge in [-0.3, -0.25) is 9.69 Å². The van der Waals surface area contributed by atoms with Gasteiger partial charge in [0.25, 0.3) is 0 Å². The van der Waals surface area contributed by atoms with Gasteiger partial charge in [0.05, 0.1) is 0 Å². The quantitative estimate of drug-likeness (QED) is 0.351. The first-order valence-electron chi connectivity index (χ1n) is 11.5. The lowest BCUT2D eigenvalue weighted by Crippen LogP contribution is -2.53. The van der Waals surface area contributed by atoms with Gasteiger partial charge in [0.2, 0.25) is 0 Å². The molecular formula is C20H41NO2S. The second-order valence-corrected chi connectivity index (χ2v) is 8.66. The van der Waals surface area contributed by atoms with Crippen molar-refractivity contribution in [3.8, 4) is 0 Å². The average Bonchev–Trinajstić information content (AvgIpc) is 2.61. The number of aliphatic carboxylic acids is 1. The minimum Gasteiger partial charge on any atom is -0.480 e. The number of thioether (sulfide) groups is 1. The van der Waals surface area contributed by atoms with Gasteiger partial charge in [0.1, 0.15) is 6.04 Å². The monoisotopic (exact) mass is 362 g/mol. The van der Waals surface area contributed by atoms with Crippen molar-refractivity contribution < 1.29 is 14.0 Å². The summed E-state index contributed by atoms with van der Waals surface area (Å²) in [6.07, 6.45) is 8.55. The van der Waals surface area contributed by atoms with Crippen LogP contribution in [0.5, 0.6) is 0 Å². The molecule has 0 amide bonds. The van der Waals surface area contributed by atoms with Gasteiger partial charge in [0, 0.05) is 8.86 Å². The maximum Gasteiger partial charge on any atom is 0.322 e. The molecule has 0 bridgehead atoms. The van der Waals surface area contributed by atoms with E-state index >= 15 is 0 Å². The van der Waals surface area contributed by atoms with Crippen LogP contribution in [0.25, 0.3) is 0 Å². The van der Waals surface area contributed by atoms with Gasteiger partial charge in [-0.15, -0.1) is 0 Å². The lowest BCUT2D eigenvalue weighted by atomic mass is 10.00. The van der Waals surface area contributed by atoms with E-state index in [9.17, 15) is 9.90 Å². The summed E-state index contributed by atoms with van der Waals surface area (Å²) in [5.41, 5.74) is 0. The fourth-order valence-corrected chi connectivity index (χ4v) is 4.22. The summed E-state index contributed by atoms with van der Waals surface area (Å²) < 4.78 is 21.4. The van der Waals surface area contributed by atoms with Gasteiger partial charge in [0.15, 0.2) is 0 Å². The lowest BCUT2D eigenvalue weighted by molar-refractivity contribution is -0.144. The number of nitrogens with zero attached hydrogens (tertiary/aromatic N) is 1. The lowest BCUT2D eigenvalue weighted by Gasteiger charge is -2.39. The molecule has 0 radical (unpaired) electrons. The van der Waals surface area contributed by atoms with E-state index in [-0.39, 0.29) is 4.75 Å². The van der Waals surface area contributed by atoms with Crippen molar-refractivity contribution in [1.82, 2.24) is 4.90 Å². The van der Waals surface area contributed by atoms with Crippen molar-refractivity contribution in [1.29, 1.82) is 0 Å². The molecule has 0 heterocycles. The van der Waals surface area contributed by atoms with Crippen LogP contribution in [0.1, 0.15) is 96.4 Å². The zero-order valence-corrected chi connectivity index (χ0v) is 16.7. The Morgan fingerprint density at radius 2 is 1.50 bits per heavy atom. The van der Waals surface area contributed by atoms with Gasteiger partial charge in [-0.25, -0.2) is 0 Å². The highest BCUT2D eigenvalue weighted by molar-refractivity contribution is 8.00. The Labute approximate surface area is 159 Å². The minimum atomic E-state index is -0.750. The third-order valence-corrected chi connectivity index (χ3v) is 5.73. The van der Waals surface area contributed by atoms with Crippen molar-refractivity contribution >= 4 is 17.7 Å². The molecule has 3 nitrogen and oxygen atoms in total. The molecule has 0 aromatic carbocycles. The maximum absolute atomic E-state index is 12.2. The number of hydrogen-bond acceptors (Lipinski definition) is 3. The van der Waals surface area contributed by atoms with Crippen LogP contribution in [0.2, 0.25) is 0 Å². The molecule has 0 aromatic rings. The first kappa shape index (κ1) is 18.6. The Morgan fingerprint density at radius 1 is 1.00 bits per heavy atom. The fraction of sp³-hybridized carbons (Fsp3) is 0.950. The summed E-state index contributed by atoms with van der Waals surface area (Å²) >= 11 is 1.74. The number of carboxylic acid groups (broad SMARTS) is 1. The SMILES string of the molecule is [2H]CCCCCSC(C)(C)[C@@H](C(=O)O)N(CCCCC[2H])CCCCC[2H]. The summed E-state index contributed by atoms with van der Waals surface area (Å²) in [5, 5.41) is 9.99. The smallest absolute Gasteiger partial charge is 0.322 e. The molecule has 0 unspecified atom stereocenters. The molecule has 0 fully saturated rings. The summed E-state index contributed by atoms with van der Waals surface area (Å²) in [6, 6.07) is -0.523. The molecule has 0 spiro atoms. The number of unbranched alkanes of at least 4 members (excludes halogenated alkanes) is 6. The Morgan fingerprint density at radius 3 is 1.96 bits per heavy atom. The maximum atomic E-state index is 12.2. The largest absolute Gasteiger partial charge is 0.480 e. The van der Waals surface area contributed by atoms with Crippen molar-refractivity contribution in [2.75, 3.05) is 18.8 Å². The molecule has 4 heteroatoms. The third-order valence-electron chi connectivity index (χ3n) is 4.27. The molecule has 0 saturated heterocycles. The zero-order valence-electron chi connectivity index (χ0n) is 18.9. The van der Waals surface area contributed by atoms with Crippen LogP contribution in [-0.2, 0) is 4.79 Å². The van der Waals surface area contributed by atoms with Crippen LogP contribution < -0.4 is 0 Å². The van der Waals surface area contributed by atoms with Crippen LogP contribution >= 0.6 is 11.8 Å². The van der Waals surface area contributed by atoms with E-state index in [2.05, 4.69) is 4.90 Å². The highest BCUT2D eigenvalue weighted by atomic mass is 32.2. The van der Waals surface area contributed by atoms with Crippen molar-refractivity contribution in [2.45, 2.75) is 103 Å². The van der Waals surface area contributed by atoms with Gasteiger partial charge in [-0.1, -0.05) is 59.2 Å². The molecule has 0 aliphatic heterocycles. The van der Waals surface area contributed by atoms with Gasteiger partial charge in [-0.05, 0) is 52.0 Å². The molecule has 0 aliphatic rings. The second kappa shape index (κ2) is 14.0. The van der Waals surface area contributed by atoms with Gasteiger partial charge >= 0.3 is 5.97 Å². The second-order valence-electron chi connectivity index (χ2n) is 6.91. The number of carboxylic acids is 1. The molecule has 0 aromatic heterocycles. The highest BCUT2D eigenvalue weighted by Crippen LogP contribution is 2.33. The molecule has 1 atom stereocenters. The van der Waals surface area contributed by atoms with Crippen LogP contribution in [-0.4, -0.2) is 45.6 Å². The van der Waals surface area contributed by atoms with E-state index in [1.807, 2.05) is 13.8 Å². The zero-order chi connectivity index (χ0) is 20.5. The van der Waals surface area contributed by atoms with Gasteiger partial charge in [-0.2, -0.15) is 11.8 Å². The standard InChI is InChI=1S/C20H41NO2S/c1-6-9-12-15-21(16-13-10-7-2)18(19(22)23)20(4,5)24-17-14-11-8-3/h18H,6-17H2,1-5H3,(H,22,23)/t18-/m1/s1/i1D,2D,3D. The highest BCUT2D eigenvalue weighted by Gasteiger charge is 2.39. The predicted molar refractivity (Wildman–Crippen MR) is 108 cm³/mol. The average molecular weight is 363 g/mol. The van der Waals surface area contributed by atoms with Crippen molar-refractivity contribution in [3.05, 3.63) is 0 Å². The molecule has 0 rings (SSSR count). The number of rotatable bonds is 16. The van der Waals surface area contributed by atoms with Crippen molar-refractivity contribution in [2.24, 2.45) is 0 Å².